The van der Waals surface area contributed by atoms with Crippen LogP contribution in [-0.2, 0) is 13.0 Å². The maximum Gasteiger partial charge on any atom is 0.145 e. The van der Waals surface area contributed by atoms with E-state index in [4.69, 9.17) is 16.3 Å². The number of rotatable bonds is 3. The van der Waals surface area contributed by atoms with Gasteiger partial charge in [0.2, 0.25) is 0 Å². The Bertz CT molecular complexity index is 1120. The normalized spacial score (nSPS) is 26.2. The second kappa shape index (κ2) is 7.50. The van der Waals surface area contributed by atoms with E-state index in [2.05, 4.69) is 10.3 Å². The lowest BCUT2D eigenvalue weighted by Crippen LogP contribution is -2.35. The first-order valence-corrected chi connectivity index (χ1v) is 10.5. The van der Waals surface area contributed by atoms with Crippen LogP contribution in [0, 0.1) is 12.7 Å². The first-order valence-electron chi connectivity index (χ1n) is 10.1. The summed E-state index contributed by atoms with van der Waals surface area (Å²) in [5.74, 6) is 0.0393. The maximum atomic E-state index is 14.4. The van der Waals surface area contributed by atoms with E-state index in [1.54, 1.807) is 6.20 Å². The number of ether oxygens (including phenoxy) is 1. The Balaban J connectivity index is 1.46. The molecule has 2 unspecified atom stereocenters. The van der Waals surface area contributed by atoms with Crippen LogP contribution in [-0.4, -0.2) is 44.6 Å². The minimum atomic E-state index is -1.09. The number of aliphatic hydroxyl groups excluding tert-OH is 2. The van der Waals surface area contributed by atoms with E-state index in [0.29, 0.717) is 37.2 Å². The highest BCUT2D eigenvalue weighted by atomic mass is 35.5. The van der Waals surface area contributed by atoms with Gasteiger partial charge in [-0.05, 0) is 43.1 Å². The number of aryl methyl sites for hydroxylation is 1. The largest absolute Gasteiger partial charge is 0.487 e. The Morgan fingerprint density at radius 1 is 1.27 bits per heavy atom. The van der Waals surface area contributed by atoms with Crippen molar-refractivity contribution >= 4 is 22.6 Å². The molecule has 3 aromatic rings. The summed E-state index contributed by atoms with van der Waals surface area (Å²) in [6.45, 7) is 3.15. The zero-order chi connectivity index (χ0) is 21.0. The number of nitrogens with one attached hydrogen (secondary N) is 1. The molecule has 0 bridgehead atoms. The van der Waals surface area contributed by atoms with E-state index in [9.17, 15) is 14.6 Å². The van der Waals surface area contributed by atoms with Crippen molar-refractivity contribution in [2.24, 2.45) is 0 Å². The van der Waals surface area contributed by atoms with Gasteiger partial charge in [0.25, 0.3) is 0 Å². The van der Waals surface area contributed by atoms with E-state index in [0.717, 1.165) is 22.2 Å². The van der Waals surface area contributed by atoms with Crippen LogP contribution in [0.3, 0.4) is 0 Å². The Morgan fingerprint density at radius 3 is 2.93 bits per heavy atom. The van der Waals surface area contributed by atoms with Crippen molar-refractivity contribution in [3.8, 4) is 5.75 Å². The highest BCUT2D eigenvalue weighted by Crippen LogP contribution is 2.39. The van der Waals surface area contributed by atoms with Crippen LogP contribution in [0.2, 0.25) is 5.02 Å². The molecule has 3 N–H and O–H groups in total. The monoisotopic (exact) mass is 431 g/mol. The highest BCUT2D eigenvalue weighted by molar-refractivity contribution is 6.31. The molecule has 1 aromatic carbocycles. The summed E-state index contributed by atoms with van der Waals surface area (Å²) in [5.41, 5.74) is 3.13. The Hall–Kier alpha value is -2.19. The maximum absolute atomic E-state index is 14.4. The summed E-state index contributed by atoms with van der Waals surface area (Å²) < 4.78 is 22.4. The summed E-state index contributed by atoms with van der Waals surface area (Å²) in [7, 11) is 0. The van der Waals surface area contributed by atoms with Crippen molar-refractivity contribution in [3.05, 3.63) is 58.1 Å². The Morgan fingerprint density at radius 2 is 2.10 bits per heavy atom. The molecule has 1 saturated carbocycles. The minimum Gasteiger partial charge on any atom is -0.487 e. The number of fused-ring (bicyclic) bond motifs is 2. The van der Waals surface area contributed by atoms with Crippen molar-refractivity contribution in [3.63, 3.8) is 0 Å². The number of pyridine rings is 1. The summed E-state index contributed by atoms with van der Waals surface area (Å²) in [4.78, 5) is 4.46. The van der Waals surface area contributed by atoms with Crippen molar-refractivity contribution in [2.45, 2.75) is 50.7 Å². The van der Waals surface area contributed by atoms with E-state index in [-0.39, 0.29) is 11.1 Å². The van der Waals surface area contributed by atoms with Gasteiger partial charge in [0.05, 0.1) is 11.1 Å². The zero-order valence-electron chi connectivity index (χ0n) is 16.5. The molecule has 8 heteroatoms. The van der Waals surface area contributed by atoms with E-state index >= 15 is 0 Å². The zero-order valence-corrected chi connectivity index (χ0v) is 17.2. The number of hydrogen-bond donors (Lipinski definition) is 3. The van der Waals surface area contributed by atoms with Crippen molar-refractivity contribution < 1.29 is 19.3 Å². The predicted octanol–water partition coefficient (Wildman–Crippen LogP) is 2.90. The molecule has 158 valence electrons. The number of nitrogens with zero attached hydrogens (tertiary/aromatic N) is 2. The standard InChI is InChI=1S/C22H23ClFN3O3/c1-11-2-6-26-22-12(11)4-7-27(22)16-9-18(21(29)20(16)28)30-17-8-15(23)19(24)13-3-5-25-10-14(13)17/h2,4,6-8,16,18,20-21,25,28-29H,3,5,9-10H2,1H3/t16?,18?,20-,21+/m0/s1. The Kier molecular flexibility index (Phi) is 4.94. The fourth-order valence-electron chi connectivity index (χ4n) is 4.66. The smallest absolute Gasteiger partial charge is 0.145 e. The van der Waals surface area contributed by atoms with Gasteiger partial charge in [0.15, 0.2) is 0 Å². The third-order valence-electron chi connectivity index (χ3n) is 6.32. The summed E-state index contributed by atoms with van der Waals surface area (Å²) in [5, 5.41) is 25.7. The molecule has 6 nitrogen and oxygen atoms in total. The molecule has 30 heavy (non-hydrogen) atoms. The molecule has 0 spiro atoms. The number of aromatic nitrogens is 2. The lowest BCUT2D eigenvalue weighted by atomic mass is 9.99. The van der Waals surface area contributed by atoms with E-state index < -0.39 is 24.1 Å². The first kappa shape index (κ1) is 19.8. The number of benzene rings is 1. The van der Waals surface area contributed by atoms with Gasteiger partial charge < -0.3 is 24.8 Å². The van der Waals surface area contributed by atoms with Gasteiger partial charge in [-0.3, -0.25) is 0 Å². The minimum absolute atomic E-state index is 0.00585. The van der Waals surface area contributed by atoms with Gasteiger partial charge in [-0.15, -0.1) is 0 Å². The second-order valence-corrected chi connectivity index (χ2v) is 8.49. The molecule has 0 saturated heterocycles. The fourth-order valence-corrected chi connectivity index (χ4v) is 4.87. The number of hydrogen-bond acceptors (Lipinski definition) is 5. The molecular formula is C22H23ClFN3O3. The summed E-state index contributed by atoms with van der Waals surface area (Å²) in [6, 6.07) is 4.98. The van der Waals surface area contributed by atoms with E-state index in [1.165, 1.54) is 6.07 Å². The molecule has 2 aromatic heterocycles. The van der Waals surface area contributed by atoms with Crippen LogP contribution in [0.25, 0.3) is 11.0 Å². The summed E-state index contributed by atoms with van der Waals surface area (Å²) in [6.07, 6.45) is 1.77. The second-order valence-electron chi connectivity index (χ2n) is 8.08. The van der Waals surface area contributed by atoms with Crippen molar-refractivity contribution in [1.29, 1.82) is 0 Å². The average Bonchev–Trinajstić information content (AvgIpc) is 3.29. The quantitative estimate of drug-likeness (QED) is 0.594. The first-order chi connectivity index (χ1) is 14.5. The fraction of sp³-hybridized carbons (Fsp3) is 0.409. The van der Waals surface area contributed by atoms with Crippen LogP contribution in [0.4, 0.5) is 4.39 Å². The SMILES string of the molecule is Cc1ccnc2c1ccn2C1CC(Oc2cc(Cl)c(F)c3c2CNCC3)[C@@H](O)[C@H]1O. The lowest BCUT2D eigenvalue weighted by molar-refractivity contribution is -0.0166. The van der Waals surface area contributed by atoms with E-state index in [1.807, 2.05) is 29.8 Å². The molecule has 2 aliphatic rings. The topological polar surface area (TPSA) is 79.5 Å². The molecular weight excluding hydrogens is 409 g/mol. The molecule has 0 radical (unpaired) electrons. The highest BCUT2D eigenvalue weighted by Gasteiger charge is 2.44. The van der Waals surface area contributed by atoms with Crippen LogP contribution in [0.5, 0.6) is 5.75 Å². The van der Waals surface area contributed by atoms with Gasteiger partial charge in [-0.2, -0.15) is 0 Å². The molecule has 4 atom stereocenters. The van der Waals surface area contributed by atoms with Gasteiger partial charge in [0.1, 0.15) is 35.5 Å². The van der Waals surface area contributed by atoms with Crippen LogP contribution in [0.15, 0.2) is 30.6 Å². The lowest BCUT2D eigenvalue weighted by Gasteiger charge is -2.25. The molecule has 1 fully saturated rings. The van der Waals surface area contributed by atoms with Gasteiger partial charge in [0, 0.05) is 42.4 Å². The van der Waals surface area contributed by atoms with Crippen LogP contribution >= 0.6 is 11.6 Å². The average molecular weight is 432 g/mol. The van der Waals surface area contributed by atoms with Crippen molar-refractivity contribution in [2.75, 3.05) is 6.54 Å². The molecule has 1 aliphatic carbocycles. The van der Waals surface area contributed by atoms with Crippen LogP contribution in [0.1, 0.15) is 29.2 Å². The number of halogens is 2. The number of aliphatic hydroxyl groups is 2. The van der Waals surface area contributed by atoms with Gasteiger partial charge in [-0.25, -0.2) is 9.37 Å². The van der Waals surface area contributed by atoms with Crippen LogP contribution < -0.4 is 10.1 Å². The van der Waals surface area contributed by atoms with Crippen molar-refractivity contribution in [1.82, 2.24) is 14.9 Å². The van der Waals surface area contributed by atoms with Gasteiger partial charge >= 0.3 is 0 Å². The Labute approximate surface area is 178 Å². The summed E-state index contributed by atoms with van der Waals surface area (Å²) >= 11 is 6.09. The van der Waals surface area contributed by atoms with Gasteiger partial charge in [-0.1, -0.05) is 11.6 Å². The predicted molar refractivity (Wildman–Crippen MR) is 111 cm³/mol. The molecule has 5 rings (SSSR count). The third kappa shape index (κ3) is 3.08. The molecule has 1 aliphatic heterocycles. The third-order valence-corrected chi connectivity index (χ3v) is 6.59. The molecule has 3 heterocycles. The molecule has 0 amide bonds.